The van der Waals surface area contributed by atoms with Crippen molar-refractivity contribution in [2.45, 2.75) is 39.2 Å². The first kappa shape index (κ1) is 15.9. The second kappa shape index (κ2) is 6.87. The smallest absolute Gasteiger partial charge is 0.338 e. The number of nitrogens with zero attached hydrogens (tertiary/aromatic N) is 1. The van der Waals surface area contributed by atoms with E-state index in [2.05, 4.69) is 4.98 Å². The zero-order chi connectivity index (χ0) is 14.5. The number of carbonyl (C=O) groups excluding carboxylic acids is 1. The normalized spacial score (nSPS) is 11.4. The predicted octanol–water partition coefficient (Wildman–Crippen LogP) is 3.27. The number of hydrogen-bond donors (Lipinski definition) is 0. The summed E-state index contributed by atoms with van der Waals surface area (Å²) in [7, 11) is 1.64. The van der Waals surface area contributed by atoms with Crippen LogP contribution in [0.2, 0.25) is 5.15 Å². The maximum atomic E-state index is 11.9. The average molecular weight is 286 g/mol. The highest BCUT2D eigenvalue weighted by atomic mass is 35.5. The molecule has 0 amide bonds. The van der Waals surface area contributed by atoms with Gasteiger partial charge in [-0.1, -0.05) is 18.5 Å². The lowest BCUT2D eigenvalue weighted by molar-refractivity contribution is -0.00564. The summed E-state index contributed by atoms with van der Waals surface area (Å²) in [5.74, 6) is -0.383. The van der Waals surface area contributed by atoms with Gasteiger partial charge in [-0.2, -0.15) is 0 Å². The van der Waals surface area contributed by atoms with Crippen LogP contribution in [0.1, 0.15) is 43.2 Å². The summed E-state index contributed by atoms with van der Waals surface area (Å²) in [5, 5.41) is 0.309. The summed E-state index contributed by atoms with van der Waals surface area (Å²) in [6, 6.07) is 3.22. The Labute approximate surface area is 119 Å². The SMILES string of the molecule is CCc1cc(C(=O)OCCC(C)(C)OC)cc(Cl)n1. The van der Waals surface area contributed by atoms with Crippen molar-refractivity contribution in [1.82, 2.24) is 4.98 Å². The Morgan fingerprint density at radius 1 is 1.42 bits per heavy atom. The van der Waals surface area contributed by atoms with Gasteiger partial charge in [0.1, 0.15) is 5.15 Å². The van der Waals surface area contributed by atoms with E-state index in [0.717, 1.165) is 12.1 Å². The van der Waals surface area contributed by atoms with Gasteiger partial charge in [-0.15, -0.1) is 0 Å². The summed E-state index contributed by atoms with van der Waals surface area (Å²) in [5.41, 5.74) is 0.911. The van der Waals surface area contributed by atoms with Crippen LogP contribution in [-0.4, -0.2) is 30.3 Å². The molecule has 0 aromatic carbocycles. The van der Waals surface area contributed by atoms with Crippen molar-refractivity contribution < 1.29 is 14.3 Å². The van der Waals surface area contributed by atoms with E-state index in [1.165, 1.54) is 6.07 Å². The van der Waals surface area contributed by atoms with Crippen molar-refractivity contribution in [3.8, 4) is 0 Å². The minimum atomic E-state index is -0.383. The largest absolute Gasteiger partial charge is 0.462 e. The minimum absolute atomic E-state index is 0.301. The van der Waals surface area contributed by atoms with Crippen molar-refractivity contribution in [3.05, 3.63) is 28.5 Å². The number of rotatable bonds is 6. The molecule has 0 bridgehead atoms. The van der Waals surface area contributed by atoms with Gasteiger partial charge in [0.25, 0.3) is 0 Å². The fraction of sp³-hybridized carbons (Fsp3) is 0.571. The Hall–Kier alpha value is -1.13. The molecule has 19 heavy (non-hydrogen) atoms. The van der Waals surface area contributed by atoms with Gasteiger partial charge in [-0.3, -0.25) is 0 Å². The molecule has 1 aromatic rings. The van der Waals surface area contributed by atoms with Gasteiger partial charge in [0.15, 0.2) is 0 Å². The molecule has 0 atom stereocenters. The quantitative estimate of drug-likeness (QED) is 0.594. The van der Waals surface area contributed by atoms with Gasteiger partial charge in [0, 0.05) is 19.2 Å². The lowest BCUT2D eigenvalue weighted by Crippen LogP contribution is -2.25. The van der Waals surface area contributed by atoms with E-state index >= 15 is 0 Å². The molecular formula is C14H20ClNO3. The molecule has 1 heterocycles. The van der Waals surface area contributed by atoms with Crippen molar-refractivity contribution in [1.29, 1.82) is 0 Å². The number of halogens is 1. The van der Waals surface area contributed by atoms with Crippen LogP contribution in [0.4, 0.5) is 0 Å². The van der Waals surface area contributed by atoms with E-state index in [0.29, 0.717) is 23.7 Å². The number of ether oxygens (including phenoxy) is 2. The van der Waals surface area contributed by atoms with E-state index in [4.69, 9.17) is 21.1 Å². The van der Waals surface area contributed by atoms with Crippen molar-refractivity contribution in [2.24, 2.45) is 0 Å². The summed E-state index contributed by atoms with van der Waals surface area (Å²) in [6.45, 7) is 6.15. The van der Waals surface area contributed by atoms with Crippen LogP contribution >= 0.6 is 11.6 Å². The molecule has 0 unspecified atom stereocenters. The summed E-state index contributed by atoms with van der Waals surface area (Å²) in [4.78, 5) is 16.0. The molecule has 0 saturated heterocycles. The number of aromatic nitrogens is 1. The third-order valence-electron chi connectivity index (χ3n) is 2.93. The molecule has 0 spiro atoms. The molecule has 4 nitrogen and oxygen atoms in total. The zero-order valence-electron chi connectivity index (χ0n) is 11.8. The Morgan fingerprint density at radius 3 is 2.68 bits per heavy atom. The molecule has 0 N–H and O–H groups in total. The van der Waals surface area contributed by atoms with E-state index < -0.39 is 0 Å². The first-order chi connectivity index (χ1) is 8.88. The maximum absolute atomic E-state index is 11.9. The lowest BCUT2D eigenvalue weighted by Gasteiger charge is -2.22. The van der Waals surface area contributed by atoms with Gasteiger partial charge in [-0.25, -0.2) is 9.78 Å². The topological polar surface area (TPSA) is 48.4 Å². The number of aryl methyl sites for hydroxylation is 1. The van der Waals surface area contributed by atoms with Crippen LogP contribution in [0.15, 0.2) is 12.1 Å². The number of carbonyl (C=O) groups is 1. The Bertz CT molecular complexity index is 446. The molecule has 5 heteroatoms. The van der Waals surface area contributed by atoms with Gasteiger partial charge in [-0.05, 0) is 32.4 Å². The summed E-state index contributed by atoms with van der Waals surface area (Å²) in [6.07, 6.45) is 1.35. The number of esters is 1. The van der Waals surface area contributed by atoms with E-state index in [-0.39, 0.29) is 11.6 Å². The average Bonchev–Trinajstić information content (AvgIpc) is 2.37. The second-order valence-electron chi connectivity index (χ2n) is 4.87. The first-order valence-corrected chi connectivity index (χ1v) is 6.64. The number of methoxy groups -OCH3 is 1. The lowest BCUT2D eigenvalue weighted by atomic mass is 10.1. The molecule has 0 aliphatic heterocycles. The Kier molecular flexibility index (Phi) is 5.76. The Balaban J connectivity index is 2.61. The summed E-state index contributed by atoms with van der Waals surface area (Å²) < 4.78 is 10.5. The fourth-order valence-electron chi connectivity index (χ4n) is 1.43. The minimum Gasteiger partial charge on any atom is -0.462 e. The van der Waals surface area contributed by atoms with Crippen LogP contribution in [-0.2, 0) is 15.9 Å². The van der Waals surface area contributed by atoms with Crippen LogP contribution in [0, 0.1) is 0 Å². The maximum Gasteiger partial charge on any atom is 0.338 e. The molecule has 1 rings (SSSR count). The van der Waals surface area contributed by atoms with Crippen LogP contribution in [0.25, 0.3) is 0 Å². The highest BCUT2D eigenvalue weighted by Crippen LogP contribution is 2.15. The van der Waals surface area contributed by atoms with E-state index in [9.17, 15) is 4.79 Å². The first-order valence-electron chi connectivity index (χ1n) is 6.26. The molecule has 1 aromatic heterocycles. The summed E-state index contributed by atoms with van der Waals surface area (Å²) >= 11 is 5.86. The standard InChI is InChI=1S/C14H20ClNO3/c1-5-11-8-10(9-12(15)16-11)13(17)19-7-6-14(2,3)18-4/h8-9H,5-7H2,1-4H3. The highest BCUT2D eigenvalue weighted by Gasteiger charge is 2.17. The van der Waals surface area contributed by atoms with Gasteiger partial charge in [0.05, 0.1) is 17.8 Å². The zero-order valence-corrected chi connectivity index (χ0v) is 12.6. The second-order valence-corrected chi connectivity index (χ2v) is 5.26. The molecular weight excluding hydrogens is 266 g/mol. The molecule has 106 valence electrons. The van der Waals surface area contributed by atoms with Crippen LogP contribution in [0.3, 0.4) is 0 Å². The van der Waals surface area contributed by atoms with Crippen molar-refractivity contribution >= 4 is 17.6 Å². The molecule has 0 aliphatic carbocycles. The Morgan fingerprint density at radius 2 is 2.11 bits per heavy atom. The monoisotopic (exact) mass is 285 g/mol. The van der Waals surface area contributed by atoms with Crippen LogP contribution < -0.4 is 0 Å². The molecule has 0 fully saturated rings. The number of hydrogen-bond acceptors (Lipinski definition) is 4. The van der Waals surface area contributed by atoms with Gasteiger partial charge < -0.3 is 9.47 Å². The van der Waals surface area contributed by atoms with Crippen molar-refractivity contribution in [3.63, 3.8) is 0 Å². The van der Waals surface area contributed by atoms with E-state index in [1.807, 2.05) is 20.8 Å². The van der Waals surface area contributed by atoms with E-state index in [1.54, 1.807) is 13.2 Å². The predicted molar refractivity (Wildman–Crippen MR) is 74.6 cm³/mol. The molecule has 0 saturated carbocycles. The third-order valence-corrected chi connectivity index (χ3v) is 3.13. The third kappa shape index (κ3) is 5.17. The highest BCUT2D eigenvalue weighted by molar-refractivity contribution is 6.29. The number of pyridine rings is 1. The fourth-order valence-corrected chi connectivity index (χ4v) is 1.65. The van der Waals surface area contributed by atoms with Gasteiger partial charge in [0.2, 0.25) is 0 Å². The molecule has 0 aliphatic rings. The molecule has 0 radical (unpaired) electrons. The van der Waals surface area contributed by atoms with Crippen LogP contribution in [0.5, 0.6) is 0 Å². The van der Waals surface area contributed by atoms with Crippen molar-refractivity contribution in [2.75, 3.05) is 13.7 Å². The van der Waals surface area contributed by atoms with Gasteiger partial charge >= 0.3 is 5.97 Å².